The Kier molecular flexibility index (Phi) is 7.59. The van der Waals surface area contributed by atoms with Gasteiger partial charge in [0, 0.05) is 6.42 Å². The molecule has 0 saturated carbocycles. The van der Waals surface area contributed by atoms with E-state index in [4.69, 9.17) is 0 Å². The summed E-state index contributed by atoms with van der Waals surface area (Å²) in [6, 6.07) is 0. The molecule has 0 heterocycles. The summed E-state index contributed by atoms with van der Waals surface area (Å²) in [4.78, 5) is 21.5. The van der Waals surface area contributed by atoms with E-state index >= 15 is 0 Å². The van der Waals surface area contributed by atoms with Crippen molar-refractivity contribution in [3.05, 3.63) is 0 Å². The topological polar surface area (TPSA) is 61.8 Å². The minimum absolute atomic E-state index is 0.239. The minimum atomic E-state index is -0.823. The number of carbonyl (C=O) groups is 2. The van der Waals surface area contributed by atoms with Crippen LogP contribution >= 0.6 is 0 Å². The molecule has 0 N–H and O–H groups in total. The summed E-state index contributed by atoms with van der Waals surface area (Å²) in [5.41, 5.74) is 0. The van der Waals surface area contributed by atoms with Crippen molar-refractivity contribution in [3.63, 3.8) is 0 Å². The van der Waals surface area contributed by atoms with E-state index in [0.29, 0.717) is 6.42 Å². The molecule has 0 aromatic heterocycles. The van der Waals surface area contributed by atoms with Gasteiger partial charge in [-0.3, -0.25) is 4.79 Å². The Morgan fingerprint density at radius 2 is 1.79 bits per heavy atom. The van der Waals surface area contributed by atoms with Crippen LogP contribution in [0.2, 0.25) is 0 Å². The van der Waals surface area contributed by atoms with Crippen LogP contribution in [0.25, 0.3) is 0 Å². The van der Waals surface area contributed by atoms with Crippen LogP contribution in [-0.4, -0.2) is 25.5 Å². The molecule has 0 aromatic carbocycles. The van der Waals surface area contributed by atoms with Crippen molar-refractivity contribution in [2.75, 3.05) is 13.4 Å². The van der Waals surface area contributed by atoms with E-state index in [1.807, 2.05) is 6.92 Å². The largest absolute Gasteiger partial charge is 0.511 e. The van der Waals surface area contributed by atoms with E-state index in [1.165, 1.54) is 0 Å². The second-order valence-electron chi connectivity index (χ2n) is 2.57. The van der Waals surface area contributed by atoms with Gasteiger partial charge in [0.05, 0.1) is 6.61 Å². The van der Waals surface area contributed by atoms with Gasteiger partial charge in [-0.05, 0) is 13.3 Å². The molecule has 14 heavy (non-hydrogen) atoms. The smallest absolute Gasteiger partial charge is 0.435 e. The number of esters is 1. The van der Waals surface area contributed by atoms with Gasteiger partial charge in [0.1, 0.15) is 0 Å². The van der Waals surface area contributed by atoms with Crippen LogP contribution in [0.5, 0.6) is 0 Å². The average Bonchev–Trinajstić information content (AvgIpc) is 2.15. The van der Waals surface area contributed by atoms with Crippen LogP contribution in [0.1, 0.15) is 33.1 Å². The zero-order valence-electron chi connectivity index (χ0n) is 8.58. The molecule has 0 aliphatic rings. The van der Waals surface area contributed by atoms with Crippen LogP contribution in [0.4, 0.5) is 4.79 Å². The minimum Gasteiger partial charge on any atom is -0.435 e. The molecule has 5 nitrogen and oxygen atoms in total. The number of unbranched alkanes of at least 4 members (excludes halogenated alkanes) is 1. The number of rotatable bonds is 6. The third-order valence-corrected chi connectivity index (χ3v) is 1.39. The molecule has 0 saturated heterocycles. The fourth-order valence-corrected chi connectivity index (χ4v) is 0.696. The lowest BCUT2D eigenvalue weighted by atomic mass is 10.3. The van der Waals surface area contributed by atoms with Gasteiger partial charge in [0.15, 0.2) is 0 Å². The van der Waals surface area contributed by atoms with Gasteiger partial charge in [-0.25, -0.2) is 4.79 Å². The number of ether oxygens (including phenoxy) is 3. The Morgan fingerprint density at radius 1 is 1.07 bits per heavy atom. The van der Waals surface area contributed by atoms with Crippen LogP contribution in [0.3, 0.4) is 0 Å². The van der Waals surface area contributed by atoms with Gasteiger partial charge in [-0.2, -0.15) is 0 Å². The van der Waals surface area contributed by atoms with Crippen molar-refractivity contribution in [2.45, 2.75) is 33.1 Å². The predicted octanol–water partition coefficient (Wildman–Crippen LogP) is 1.85. The SMILES string of the molecule is CCCCC(=O)OCOC(=O)OCC. The Bertz CT molecular complexity index is 178. The molecule has 0 spiro atoms. The summed E-state index contributed by atoms with van der Waals surface area (Å²) in [5.74, 6) is -0.365. The summed E-state index contributed by atoms with van der Waals surface area (Å²) in [7, 11) is 0. The quantitative estimate of drug-likeness (QED) is 0.488. The third-order valence-electron chi connectivity index (χ3n) is 1.39. The molecule has 0 aliphatic heterocycles. The first-order valence-electron chi connectivity index (χ1n) is 4.65. The maximum atomic E-state index is 10.9. The lowest BCUT2D eigenvalue weighted by Crippen LogP contribution is -2.13. The lowest BCUT2D eigenvalue weighted by Gasteiger charge is -2.05. The zero-order chi connectivity index (χ0) is 10.8. The molecule has 5 heteroatoms. The van der Waals surface area contributed by atoms with Crippen molar-refractivity contribution >= 4 is 12.1 Å². The molecule has 0 bridgehead atoms. The lowest BCUT2D eigenvalue weighted by molar-refractivity contribution is -0.153. The zero-order valence-corrected chi connectivity index (χ0v) is 8.58. The Hall–Kier alpha value is -1.26. The van der Waals surface area contributed by atoms with Crippen molar-refractivity contribution in [1.82, 2.24) is 0 Å². The highest BCUT2D eigenvalue weighted by atomic mass is 16.8. The maximum Gasteiger partial charge on any atom is 0.511 e. The predicted molar refractivity (Wildman–Crippen MR) is 48.6 cm³/mol. The van der Waals surface area contributed by atoms with Crippen molar-refractivity contribution < 1.29 is 23.8 Å². The van der Waals surface area contributed by atoms with E-state index in [9.17, 15) is 9.59 Å². The molecule has 0 aliphatic carbocycles. The van der Waals surface area contributed by atoms with Gasteiger partial charge in [0.25, 0.3) is 0 Å². The Labute approximate surface area is 83.3 Å². The van der Waals surface area contributed by atoms with Crippen molar-refractivity contribution in [1.29, 1.82) is 0 Å². The Morgan fingerprint density at radius 3 is 2.36 bits per heavy atom. The van der Waals surface area contributed by atoms with Gasteiger partial charge < -0.3 is 14.2 Å². The summed E-state index contributed by atoms with van der Waals surface area (Å²) < 4.78 is 13.5. The maximum absolute atomic E-state index is 10.9. The normalized spacial score (nSPS) is 9.29. The summed E-state index contributed by atoms with van der Waals surface area (Å²) in [6.07, 6.45) is 1.23. The highest BCUT2D eigenvalue weighted by molar-refractivity contribution is 5.69. The molecule has 0 amide bonds. The van der Waals surface area contributed by atoms with Gasteiger partial charge >= 0.3 is 12.1 Å². The fraction of sp³-hybridized carbons (Fsp3) is 0.778. The van der Waals surface area contributed by atoms with Crippen LogP contribution in [0, 0.1) is 0 Å². The third kappa shape index (κ3) is 7.39. The molecule has 0 radical (unpaired) electrons. The first kappa shape index (κ1) is 12.7. The van der Waals surface area contributed by atoms with Gasteiger partial charge in [0.2, 0.25) is 6.79 Å². The van der Waals surface area contributed by atoms with Crippen LogP contribution < -0.4 is 0 Å². The van der Waals surface area contributed by atoms with E-state index < -0.39 is 6.16 Å². The molecule has 0 unspecified atom stereocenters. The molecule has 0 atom stereocenters. The summed E-state index contributed by atoms with van der Waals surface area (Å²) >= 11 is 0. The monoisotopic (exact) mass is 204 g/mol. The molecule has 0 aromatic rings. The van der Waals surface area contributed by atoms with E-state index in [-0.39, 0.29) is 19.4 Å². The summed E-state index contributed by atoms with van der Waals surface area (Å²) in [6.45, 7) is 3.50. The van der Waals surface area contributed by atoms with Crippen molar-refractivity contribution in [2.24, 2.45) is 0 Å². The van der Waals surface area contributed by atoms with E-state index in [0.717, 1.165) is 12.8 Å². The van der Waals surface area contributed by atoms with E-state index in [2.05, 4.69) is 14.2 Å². The standard InChI is InChI=1S/C9H16O5/c1-3-5-6-8(10)13-7-14-9(11)12-4-2/h3-7H2,1-2H3. The summed E-state index contributed by atoms with van der Waals surface area (Å²) in [5, 5.41) is 0. The van der Waals surface area contributed by atoms with E-state index in [1.54, 1.807) is 6.92 Å². The highest BCUT2D eigenvalue weighted by Gasteiger charge is 2.05. The molecule has 0 fully saturated rings. The highest BCUT2D eigenvalue weighted by Crippen LogP contribution is 1.96. The van der Waals surface area contributed by atoms with Gasteiger partial charge in [-0.1, -0.05) is 13.3 Å². The first-order valence-corrected chi connectivity index (χ1v) is 4.65. The second-order valence-corrected chi connectivity index (χ2v) is 2.57. The van der Waals surface area contributed by atoms with Crippen molar-refractivity contribution in [3.8, 4) is 0 Å². The Balaban J connectivity index is 3.34. The molecular weight excluding hydrogens is 188 g/mol. The molecular formula is C9H16O5. The van der Waals surface area contributed by atoms with Gasteiger partial charge in [-0.15, -0.1) is 0 Å². The number of carbonyl (C=O) groups excluding carboxylic acids is 2. The molecule has 82 valence electrons. The number of hydrogen-bond donors (Lipinski definition) is 0. The van der Waals surface area contributed by atoms with Crippen LogP contribution in [0.15, 0.2) is 0 Å². The fourth-order valence-electron chi connectivity index (χ4n) is 0.696. The number of hydrogen-bond acceptors (Lipinski definition) is 5. The average molecular weight is 204 g/mol. The van der Waals surface area contributed by atoms with Crippen LogP contribution in [-0.2, 0) is 19.0 Å². The second kappa shape index (κ2) is 8.34. The first-order chi connectivity index (χ1) is 6.70. The molecule has 0 rings (SSSR count).